The number of hydrogen-bond acceptors (Lipinski definition) is 16. The summed E-state index contributed by atoms with van der Waals surface area (Å²) in [6.45, 7) is 6.96. The summed E-state index contributed by atoms with van der Waals surface area (Å²) in [5.41, 5.74) is 0. The van der Waals surface area contributed by atoms with Gasteiger partial charge in [0.25, 0.3) is 0 Å². The molecule has 4 aromatic rings. The second-order valence-electron chi connectivity index (χ2n) is 16.5. The number of likely N-dealkylation sites (tertiary alicyclic amines) is 2. The van der Waals surface area contributed by atoms with E-state index in [4.69, 9.17) is 9.47 Å². The highest BCUT2D eigenvalue weighted by Gasteiger charge is 2.41. The Labute approximate surface area is 380 Å². The molecule has 2 aromatic carbocycles. The van der Waals surface area contributed by atoms with Crippen molar-refractivity contribution in [3.05, 3.63) is 60.7 Å². The number of ether oxygens (including phenoxy) is 2. The lowest BCUT2D eigenvalue weighted by Gasteiger charge is -2.35. The number of nitrogens with one attached hydrogen (secondary N) is 4. The van der Waals surface area contributed by atoms with E-state index in [-0.39, 0.29) is 61.0 Å². The van der Waals surface area contributed by atoms with Crippen molar-refractivity contribution >= 4 is 47.2 Å². The van der Waals surface area contributed by atoms with E-state index in [1.807, 2.05) is 60.7 Å². The van der Waals surface area contributed by atoms with Gasteiger partial charge in [-0.05, 0) is 134 Å². The van der Waals surface area contributed by atoms with Gasteiger partial charge in [-0.25, -0.2) is 9.36 Å². The lowest BCUT2D eigenvalue weighted by atomic mass is 10.0. The number of tetrazole rings is 2. The molecule has 0 bridgehead atoms. The summed E-state index contributed by atoms with van der Waals surface area (Å²) in [6.07, 6.45) is 3.01. The molecule has 4 aliphatic rings. The summed E-state index contributed by atoms with van der Waals surface area (Å²) in [5, 5.41) is 38.2. The number of amides is 4. The molecule has 0 saturated carbocycles. The molecule has 4 amide bonds. The number of carbonyl (C=O) groups excluding carboxylic acids is 4. The summed E-state index contributed by atoms with van der Waals surface area (Å²) >= 11 is 2.90. The number of hydrogen-bond donors (Lipinski definition) is 4. The van der Waals surface area contributed by atoms with Crippen LogP contribution < -0.4 is 21.3 Å². The van der Waals surface area contributed by atoms with E-state index in [0.717, 1.165) is 48.6 Å². The average molecular weight is 917 g/mol. The highest BCUT2D eigenvalue weighted by Crippen LogP contribution is 2.29. The zero-order chi connectivity index (χ0) is 44.4. The quantitative estimate of drug-likeness (QED) is 0.0860. The van der Waals surface area contributed by atoms with Gasteiger partial charge in [0.05, 0.1) is 62.7 Å². The maximum Gasteiger partial charge on any atom is 0.248 e. The first-order valence-electron chi connectivity index (χ1n) is 22.1. The molecule has 4 fully saturated rings. The van der Waals surface area contributed by atoms with Crippen LogP contribution in [0.5, 0.6) is 0 Å². The fourth-order valence-electron chi connectivity index (χ4n) is 8.30. The van der Waals surface area contributed by atoms with Gasteiger partial charge >= 0.3 is 0 Å². The molecule has 0 aliphatic carbocycles. The van der Waals surface area contributed by atoms with Crippen LogP contribution in [0.25, 0.3) is 0 Å². The minimum atomic E-state index is -0.970. The van der Waals surface area contributed by atoms with Gasteiger partial charge in [0.2, 0.25) is 33.9 Å². The number of rotatable bonds is 21. The zero-order valence-electron chi connectivity index (χ0n) is 36.0. The molecule has 64 heavy (non-hydrogen) atoms. The van der Waals surface area contributed by atoms with Gasteiger partial charge in [0, 0.05) is 22.9 Å². The lowest BCUT2D eigenvalue weighted by molar-refractivity contribution is -0.145. The number of aromatic nitrogens is 8. The van der Waals surface area contributed by atoms with Crippen molar-refractivity contribution in [1.82, 2.24) is 71.5 Å². The Hall–Kier alpha value is -5.00. The van der Waals surface area contributed by atoms with Crippen LogP contribution in [-0.4, -0.2) is 162 Å². The predicted octanol–water partition coefficient (Wildman–Crippen LogP) is 1.15. The monoisotopic (exact) mass is 916 g/mol. The molecule has 4 aliphatic heterocycles. The van der Waals surface area contributed by atoms with E-state index in [2.05, 4.69) is 52.3 Å². The third-order valence-corrected chi connectivity index (χ3v) is 14.1. The zero-order valence-corrected chi connectivity index (χ0v) is 37.7. The Balaban J connectivity index is 0.890. The van der Waals surface area contributed by atoms with Crippen molar-refractivity contribution < 1.29 is 28.7 Å². The van der Waals surface area contributed by atoms with Gasteiger partial charge in [-0.15, -0.1) is 10.2 Å². The first kappa shape index (κ1) is 45.6. The summed E-state index contributed by atoms with van der Waals surface area (Å²) in [4.78, 5) is 61.1. The smallest absolute Gasteiger partial charge is 0.248 e. The number of benzene rings is 2. The SMILES string of the molecule is C[C@H](OCCO[C@H](C)[C@H](NC(=O)[C@@H]1CCN1)C(=O)N1CCC[C@H]1Cn1nnnc1Sc1ccccc1)[C@@H](NC(=O)[C@H]1CCN1)C(=O)N1CCC[C@@H]1Cn1nnnc1Sc1ccccc1. The van der Waals surface area contributed by atoms with E-state index in [1.165, 1.54) is 23.5 Å². The molecule has 4 N–H and O–H groups in total. The first-order chi connectivity index (χ1) is 31.2. The predicted molar refractivity (Wildman–Crippen MR) is 234 cm³/mol. The van der Waals surface area contributed by atoms with E-state index in [9.17, 15) is 19.2 Å². The van der Waals surface area contributed by atoms with Crippen LogP contribution in [0.2, 0.25) is 0 Å². The molecule has 22 heteroatoms. The van der Waals surface area contributed by atoms with Crippen LogP contribution in [0, 0.1) is 0 Å². The average Bonchev–Trinajstić information content (AvgIpc) is 4.10. The van der Waals surface area contributed by atoms with Crippen LogP contribution in [0.3, 0.4) is 0 Å². The number of carbonyl (C=O) groups is 4. The van der Waals surface area contributed by atoms with Crippen LogP contribution >= 0.6 is 23.5 Å². The Morgan fingerprint density at radius 3 is 1.44 bits per heavy atom. The second kappa shape index (κ2) is 21.8. The van der Waals surface area contributed by atoms with Crippen molar-refractivity contribution in [3.8, 4) is 0 Å². The molecule has 0 unspecified atom stereocenters. The van der Waals surface area contributed by atoms with Gasteiger partial charge in [-0.1, -0.05) is 36.4 Å². The van der Waals surface area contributed by atoms with E-state index in [0.29, 0.717) is 49.3 Å². The van der Waals surface area contributed by atoms with Gasteiger partial charge in [0.1, 0.15) is 12.1 Å². The van der Waals surface area contributed by atoms with Gasteiger partial charge in [-0.2, -0.15) is 0 Å². The molecule has 8 rings (SSSR count). The van der Waals surface area contributed by atoms with Crippen molar-refractivity contribution in [2.24, 2.45) is 0 Å². The summed E-state index contributed by atoms with van der Waals surface area (Å²) in [5.74, 6) is -1.000. The first-order valence-corrected chi connectivity index (χ1v) is 23.7. The van der Waals surface area contributed by atoms with Crippen LogP contribution in [0.15, 0.2) is 80.8 Å². The summed E-state index contributed by atoms with van der Waals surface area (Å²) < 4.78 is 15.9. The Bertz CT molecular complexity index is 2020. The van der Waals surface area contributed by atoms with Crippen LogP contribution in [0.1, 0.15) is 52.4 Å². The molecular weight excluding hydrogens is 861 g/mol. The van der Waals surface area contributed by atoms with Crippen molar-refractivity contribution in [1.29, 1.82) is 0 Å². The second-order valence-corrected chi connectivity index (χ2v) is 18.6. The molecular formula is C42H56N14O6S2. The molecule has 6 heterocycles. The van der Waals surface area contributed by atoms with Crippen LogP contribution in [0.4, 0.5) is 0 Å². The maximum atomic E-state index is 14.4. The van der Waals surface area contributed by atoms with Crippen molar-refractivity contribution in [2.75, 3.05) is 39.4 Å². The highest BCUT2D eigenvalue weighted by molar-refractivity contribution is 7.99. The number of nitrogens with zero attached hydrogens (tertiary/aromatic N) is 10. The van der Waals surface area contributed by atoms with Crippen LogP contribution in [-0.2, 0) is 41.7 Å². The molecule has 20 nitrogen and oxygen atoms in total. The topological polar surface area (TPSA) is 229 Å². The molecule has 0 radical (unpaired) electrons. The van der Waals surface area contributed by atoms with Crippen molar-refractivity contribution in [3.63, 3.8) is 0 Å². The van der Waals surface area contributed by atoms with Gasteiger partial charge < -0.3 is 40.5 Å². The fourth-order valence-corrected chi connectivity index (χ4v) is 9.89. The van der Waals surface area contributed by atoms with Gasteiger partial charge in [-0.3, -0.25) is 19.2 Å². The van der Waals surface area contributed by atoms with Crippen molar-refractivity contribution in [2.45, 2.75) is 134 Å². The minimum absolute atomic E-state index is 0.0630. The summed E-state index contributed by atoms with van der Waals surface area (Å²) in [7, 11) is 0. The Morgan fingerprint density at radius 1 is 0.656 bits per heavy atom. The molecule has 2 aromatic heterocycles. The van der Waals surface area contributed by atoms with E-state index >= 15 is 0 Å². The minimum Gasteiger partial charge on any atom is -0.373 e. The normalized spacial score (nSPS) is 22.5. The lowest BCUT2D eigenvalue weighted by Crippen LogP contribution is -2.61. The van der Waals surface area contributed by atoms with E-state index < -0.39 is 24.3 Å². The molecule has 4 saturated heterocycles. The Morgan fingerprint density at radius 2 is 1.06 bits per heavy atom. The third-order valence-electron chi connectivity index (χ3n) is 12.2. The molecule has 342 valence electrons. The standard InChI is InChI=1S/C42H56N14O6S2/c1-27(35(45-37(57)33-17-19-43-33)39(59)53-21-9-11-29(53)25-55-41(47-49-51-55)63-31-13-5-3-6-14-31)61-23-24-62-28(2)36(46-38(58)34-18-20-44-34)40(60)54-22-10-12-30(54)26-56-42(48-50-52-56)64-32-15-7-4-8-16-32/h3-8,13-16,27-30,33-36,43-44H,9-12,17-26H2,1-2H3,(H,45,57)(H,46,58)/t27-,28+,29+,30-,33+,34-,35+,36-. The van der Waals surface area contributed by atoms with E-state index in [1.54, 1.807) is 33.0 Å². The molecule has 0 spiro atoms. The van der Waals surface area contributed by atoms with Gasteiger partial charge in [0.15, 0.2) is 0 Å². The third kappa shape index (κ3) is 11.3. The fraction of sp³-hybridized carbons (Fsp3) is 0.571. The Kier molecular flexibility index (Phi) is 15.5. The highest BCUT2D eigenvalue weighted by atomic mass is 32.2. The largest absolute Gasteiger partial charge is 0.373 e. The maximum absolute atomic E-state index is 14.4. The molecule has 8 atom stereocenters. The summed E-state index contributed by atoms with van der Waals surface area (Å²) in [6, 6.07) is 16.6.